The summed E-state index contributed by atoms with van der Waals surface area (Å²) in [5.74, 6) is -1.50. The Kier molecular flexibility index (Phi) is 5.22. The minimum atomic E-state index is -4.95. The summed E-state index contributed by atoms with van der Waals surface area (Å²) in [6, 6.07) is 3.94. The molecule has 0 N–H and O–H groups in total. The Morgan fingerprint density at radius 3 is 2.55 bits per heavy atom. The van der Waals surface area contributed by atoms with Gasteiger partial charge in [-0.1, -0.05) is 6.07 Å². The van der Waals surface area contributed by atoms with E-state index in [0.717, 1.165) is 13.2 Å². The molecule has 108 valence electrons. The van der Waals surface area contributed by atoms with Crippen LogP contribution in [0.3, 0.4) is 0 Å². The molecule has 0 unspecified atom stereocenters. The van der Waals surface area contributed by atoms with Crippen LogP contribution in [0.1, 0.15) is 16.7 Å². The smallest absolute Gasteiger partial charge is 0.469 e. The van der Waals surface area contributed by atoms with Crippen LogP contribution in [0, 0.1) is 11.3 Å². The van der Waals surface area contributed by atoms with Gasteiger partial charge in [-0.05, 0) is 17.2 Å². The van der Waals surface area contributed by atoms with Crippen molar-refractivity contribution in [3.8, 4) is 11.8 Å². The van der Waals surface area contributed by atoms with E-state index in [4.69, 9.17) is 16.9 Å². The lowest BCUT2D eigenvalue weighted by Gasteiger charge is -2.14. The Morgan fingerprint density at radius 2 is 2.10 bits per heavy atom. The van der Waals surface area contributed by atoms with Crippen molar-refractivity contribution in [3.63, 3.8) is 0 Å². The van der Waals surface area contributed by atoms with Crippen LogP contribution in [0.5, 0.6) is 5.75 Å². The van der Waals surface area contributed by atoms with Gasteiger partial charge < -0.3 is 9.47 Å². The van der Waals surface area contributed by atoms with Crippen molar-refractivity contribution in [3.05, 3.63) is 28.8 Å². The highest BCUT2D eigenvalue weighted by Crippen LogP contribution is 2.30. The minimum absolute atomic E-state index is 0.148. The van der Waals surface area contributed by atoms with Crippen molar-refractivity contribution in [2.24, 2.45) is 0 Å². The van der Waals surface area contributed by atoms with Gasteiger partial charge in [0.05, 0.1) is 19.1 Å². The van der Waals surface area contributed by atoms with Gasteiger partial charge in [-0.2, -0.15) is 5.26 Å². The highest BCUT2D eigenvalue weighted by atomic mass is 35.5. The first kappa shape index (κ1) is 16.1. The summed E-state index contributed by atoms with van der Waals surface area (Å²) in [5.41, 5.74) is 0.0477. The number of carbonyl (C=O) groups excluding carboxylic acids is 1. The third-order valence-electron chi connectivity index (χ3n) is 2.30. The number of esters is 1. The number of ether oxygens (including phenoxy) is 2. The normalized spacial score (nSPS) is 10.8. The number of hydrogen-bond donors (Lipinski definition) is 0. The number of alkyl halides is 4. The van der Waals surface area contributed by atoms with Crippen LogP contribution in [0.2, 0.25) is 0 Å². The molecule has 1 rings (SSSR count). The molecule has 0 heterocycles. The van der Waals surface area contributed by atoms with Gasteiger partial charge in [0.1, 0.15) is 11.8 Å². The molecule has 0 aliphatic heterocycles. The predicted molar refractivity (Wildman–Crippen MR) is 63.1 cm³/mol. The first-order valence-corrected chi connectivity index (χ1v) is 5.78. The summed E-state index contributed by atoms with van der Waals surface area (Å²) >= 11 is 5.59. The number of methoxy groups -OCH3 is 1. The molecule has 0 bridgehead atoms. The average molecular weight is 308 g/mol. The van der Waals surface area contributed by atoms with Crippen LogP contribution in [-0.2, 0) is 21.8 Å². The zero-order valence-corrected chi connectivity index (χ0v) is 11.0. The number of halogens is 4. The topological polar surface area (TPSA) is 59.3 Å². The molecule has 0 aliphatic rings. The van der Waals surface area contributed by atoms with Gasteiger partial charge in [0.2, 0.25) is 0 Å². The lowest BCUT2D eigenvalue weighted by molar-refractivity contribution is -0.274. The summed E-state index contributed by atoms with van der Waals surface area (Å²) in [4.78, 5) is 11.1. The second-order valence-electron chi connectivity index (χ2n) is 3.67. The molecule has 0 aliphatic carbocycles. The molecule has 0 saturated heterocycles. The zero-order chi connectivity index (χ0) is 15.3. The summed E-state index contributed by atoms with van der Waals surface area (Å²) in [6.45, 7) is 0. The maximum atomic E-state index is 12.3. The molecule has 0 amide bonds. The Morgan fingerprint density at radius 1 is 1.45 bits per heavy atom. The van der Waals surface area contributed by atoms with Gasteiger partial charge >= 0.3 is 12.3 Å². The van der Waals surface area contributed by atoms with E-state index in [1.807, 2.05) is 0 Å². The Balaban J connectivity index is 3.28. The quantitative estimate of drug-likeness (QED) is 0.634. The summed E-state index contributed by atoms with van der Waals surface area (Å²) in [5, 5.41) is 8.90. The van der Waals surface area contributed by atoms with E-state index < -0.39 is 18.1 Å². The highest BCUT2D eigenvalue weighted by Gasteiger charge is 2.33. The number of nitriles is 1. The van der Waals surface area contributed by atoms with Crippen molar-refractivity contribution in [1.29, 1.82) is 5.26 Å². The largest absolute Gasteiger partial charge is 0.573 e. The van der Waals surface area contributed by atoms with E-state index >= 15 is 0 Å². The number of rotatable bonds is 4. The van der Waals surface area contributed by atoms with E-state index in [0.29, 0.717) is 0 Å². The molecule has 0 spiro atoms. The average Bonchev–Trinajstić information content (AvgIpc) is 2.36. The molecular weight excluding hydrogens is 299 g/mol. The molecule has 1 aromatic rings. The zero-order valence-electron chi connectivity index (χ0n) is 10.3. The Hall–Kier alpha value is -1.94. The van der Waals surface area contributed by atoms with Crippen LogP contribution in [-0.4, -0.2) is 19.4 Å². The molecule has 8 heteroatoms. The molecular formula is C12H9ClF3NO3. The van der Waals surface area contributed by atoms with Gasteiger partial charge in [-0.25, -0.2) is 0 Å². The summed E-state index contributed by atoms with van der Waals surface area (Å²) < 4.78 is 45.1. The highest BCUT2D eigenvalue weighted by molar-refractivity contribution is 6.17. The summed E-state index contributed by atoms with van der Waals surface area (Å²) in [6.07, 6.45) is -5.20. The fraction of sp³-hybridized carbons (Fsp3) is 0.333. The van der Waals surface area contributed by atoms with Crippen LogP contribution in [0.25, 0.3) is 0 Å². The van der Waals surface area contributed by atoms with Crippen molar-refractivity contribution in [2.75, 3.05) is 7.11 Å². The molecule has 0 fully saturated rings. The number of nitrogens with zero attached hydrogens (tertiary/aromatic N) is 1. The molecule has 0 aromatic heterocycles. The van der Waals surface area contributed by atoms with Gasteiger partial charge in [0.25, 0.3) is 0 Å². The maximum absolute atomic E-state index is 12.3. The van der Waals surface area contributed by atoms with Crippen molar-refractivity contribution < 1.29 is 27.4 Å². The minimum Gasteiger partial charge on any atom is -0.469 e. The van der Waals surface area contributed by atoms with Gasteiger partial charge in [0, 0.05) is 5.88 Å². The summed E-state index contributed by atoms with van der Waals surface area (Å²) in [7, 11) is 1.15. The Bertz CT molecular complexity index is 552. The second kappa shape index (κ2) is 6.48. The van der Waals surface area contributed by atoms with Crippen LogP contribution in [0.4, 0.5) is 13.2 Å². The maximum Gasteiger partial charge on any atom is 0.573 e. The van der Waals surface area contributed by atoms with Crippen LogP contribution >= 0.6 is 11.6 Å². The van der Waals surface area contributed by atoms with Crippen molar-refractivity contribution in [2.45, 2.75) is 18.7 Å². The Labute approximate surface area is 117 Å². The van der Waals surface area contributed by atoms with Gasteiger partial charge in [-0.15, -0.1) is 24.8 Å². The van der Waals surface area contributed by atoms with E-state index in [9.17, 15) is 18.0 Å². The molecule has 0 saturated carbocycles. The van der Waals surface area contributed by atoms with Crippen molar-refractivity contribution >= 4 is 17.6 Å². The molecule has 20 heavy (non-hydrogen) atoms. The molecule has 0 radical (unpaired) electrons. The number of hydrogen-bond acceptors (Lipinski definition) is 4. The predicted octanol–water partition coefficient (Wildman–Crippen LogP) is 2.91. The molecule has 0 atom stereocenters. The lowest BCUT2D eigenvalue weighted by Crippen LogP contribution is -2.18. The van der Waals surface area contributed by atoms with Crippen molar-refractivity contribution in [1.82, 2.24) is 0 Å². The SMILES string of the molecule is COC(=O)Cc1cc(CCl)c(C#N)c(OC(F)(F)F)c1. The molecule has 4 nitrogen and oxygen atoms in total. The standard InChI is InChI=1S/C12H9ClF3NO3/c1-19-11(18)4-7-2-8(5-13)9(6-17)10(3-7)20-12(14,15)16/h2-3H,4-5H2,1H3. The monoisotopic (exact) mass is 307 g/mol. The van der Waals surface area contributed by atoms with Gasteiger partial charge in [-0.3, -0.25) is 4.79 Å². The number of benzene rings is 1. The van der Waals surface area contributed by atoms with Crippen LogP contribution < -0.4 is 4.74 Å². The van der Waals surface area contributed by atoms with E-state index in [1.165, 1.54) is 6.07 Å². The lowest BCUT2D eigenvalue weighted by atomic mass is 10.0. The molecule has 1 aromatic carbocycles. The fourth-order valence-corrected chi connectivity index (χ4v) is 1.73. The third kappa shape index (κ3) is 4.31. The first-order chi connectivity index (χ1) is 9.30. The first-order valence-electron chi connectivity index (χ1n) is 5.25. The van der Waals surface area contributed by atoms with Crippen LogP contribution in [0.15, 0.2) is 12.1 Å². The van der Waals surface area contributed by atoms with Gasteiger partial charge in [0.15, 0.2) is 0 Å². The second-order valence-corrected chi connectivity index (χ2v) is 3.94. The van der Waals surface area contributed by atoms with E-state index in [1.54, 1.807) is 6.07 Å². The van der Waals surface area contributed by atoms with E-state index in [-0.39, 0.29) is 29.0 Å². The number of carbonyl (C=O) groups is 1. The van der Waals surface area contributed by atoms with E-state index in [2.05, 4.69) is 9.47 Å². The third-order valence-corrected chi connectivity index (χ3v) is 2.59. The fourth-order valence-electron chi connectivity index (χ4n) is 1.51.